The fourth-order valence-electron chi connectivity index (χ4n) is 2.71. The number of halogens is 1. The number of anilines is 1. The van der Waals surface area contributed by atoms with E-state index in [1.807, 2.05) is 6.92 Å². The molecule has 0 saturated heterocycles. The number of aromatic nitrogens is 1. The largest absolute Gasteiger partial charge is 0.504 e. The molecule has 28 heavy (non-hydrogen) atoms. The summed E-state index contributed by atoms with van der Waals surface area (Å²) in [7, 11) is -3.61. The van der Waals surface area contributed by atoms with Crippen LogP contribution in [-0.4, -0.2) is 29.9 Å². The molecule has 1 unspecified atom stereocenters. The van der Waals surface area contributed by atoms with E-state index >= 15 is 0 Å². The van der Waals surface area contributed by atoms with Gasteiger partial charge in [-0.2, -0.15) is 0 Å². The van der Waals surface area contributed by atoms with Gasteiger partial charge in [0.15, 0.2) is 17.3 Å². The second-order valence-corrected chi connectivity index (χ2v) is 8.41. The molecule has 1 aromatic carbocycles. The van der Waals surface area contributed by atoms with Gasteiger partial charge in [0.1, 0.15) is 5.15 Å². The van der Waals surface area contributed by atoms with E-state index in [-0.39, 0.29) is 19.0 Å². The Hall–Kier alpha value is -1.79. The molecule has 7 nitrogen and oxygen atoms in total. The Kier molecular flexibility index (Phi) is 8.13. The molecule has 0 amide bonds. The Balaban J connectivity index is 2.56. The monoisotopic (exact) mass is 428 g/mol. The van der Waals surface area contributed by atoms with Crippen LogP contribution < -0.4 is 10.1 Å². The highest BCUT2D eigenvalue weighted by Gasteiger charge is 2.38. The van der Waals surface area contributed by atoms with Crippen molar-refractivity contribution in [3.63, 3.8) is 0 Å². The fourth-order valence-corrected chi connectivity index (χ4v) is 4.73. The average Bonchev–Trinajstić information content (AvgIpc) is 2.65. The first-order valence-electron chi connectivity index (χ1n) is 9.07. The summed E-state index contributed by atoms with van der Waals surface area (Å²) in [6.45, 7) is 7.87. The van der Waals surface area contributed by atoms with E-state index in [0.717, 1.165) is 0 Å². The molecule has 2 N–H and O–H groups in total. The summed E-state index contributed by atoms with van der Waals surface area (Å²) in [6.07, 6.45) is 1.54. The van der Waals surface area contributed by atoms with Crippen LogP contribution in [0.4, 0.5) is 5.69 Å². The number of phenolic OH excluding ortho intramolecular Hbond substituents is 1. The van der Waals surface area contributed by atoms with Crippen molar-refractivity contribution in [3.8, 4) is 11.5 Å². The van der Waals surface area contributed by atoms with E-state index in [1.54, 1.807) is 45.0 Å². The third-order valence-electron chi connectivity index (χ3n) is 3.87. The quantitative estimate of drug-likeness (QED) is 0.380. The number of benzene rings is 1. The number of hydrogen-bond acceptors (Lipinski definition) is 7. The van der Waals surface area contributed by atoms with E-state index in [2.05, 4.69) is 10.3 Å². The summed E-state index contributed by atoms with van der Waals surface area (Å²) in [4.78, 5) is 4.05. The lowest BCUT2D eigenvalue weighted by Crippen LogP contribution is -2.16. The molecule has 0 fully saturated rings. The van der Waals surface area contributed by atoms with Gasteiger partial charge in [0.25, 0.3) is 0 Å². The SMILES string of the molecule is CCOc1cc(C(Nc2ccc(Cl)nc2)P(=O)(OCC)OCC)cc(C)c1O. The minimum absolute atomic E-state index is 0.0418. The Bertz CT molecular complexity index is 822. The highest BCUT2D eigenvalue weighted by atomic mass is 35.5. The van der Waals surface area contributed by atoms with Gasteiger partial charge < -0.3 is 24.2 Å². The van der Waals surface area contributed by atoms with Crippen LogP contribution in [0.3, 0.4) is 0 Å². The molecule has 0 aliphatic heterocycles. The summed E-state index contributed by atoms with van der Waals surface area (Å²) in [5.41, 5.74) is 1.78. The standard InChI is InChI=1S/C19H26ClN2O5P/c1-5-25-16-11-14(10-13(4)18(16)23)19(28(24,26-6-2)27-7-3)22-15-8-9-17(20)21-12-15/h8-12,19,22-23H,5-7H2,1-4H3. The molecule has 0 saturated carbocycles. The molecule has 1 heterocycles. The zero-order valence-electron chi connectivity index (χ0n) is 16.4. The minimum atomic E-state index is -3.61. The van der Waals surface area contributed by atoms with Crippen LogP contribution in [-0.2, 0) is 13.6 Å². The van der Waals surface area contributed by atoms with Crippen molar-refractivity contribution >= 4 is 24.9 Å². The summed E-state index contributed by atoms with van der Waals surface area (Å²) in [6, 6.07) is 6.71. The molecular weight excluding hydrogens is 403 g/mol. The maximum absolute atomic E-state index is 13.6. The number of pyridine rings is 1. The second-order valence-electron chi connectivity index (χ2n) is 5.91. The Morgan fingerprint density at radius 2 is 1.86 bits per heavy atom. The van der Waals surface area contributed by atoms with Crippen LogP contribution in [0, 0.1) is 6.92 Å². The van der Waals surface area contributed by atoms with E-state index in [4.69, 9.17) is 25.4 Å². The second kappa shape index (κ2) is 10.1. The van der Waals surface area contributed by atoms with Gasteiger partial charge in [-0.3, -0.25) is 4.57 Å². The average molecular weight is 429 g/mol. The van der Waals surface area contributed by atoms with Crippen LogP contribution >= 0.6 is 19.2 Å². The van der Waals surface area contributed by atoms with E-state index in [9.17, 15) is 9.67 Å². The topological polar surface area (TPSA) is 89.9 Å². The lowest BCUT2D eigenvalue weighted by molar-refractivity contribution is 0.214. The minimum Gasteiger partial charge on any atom is -0.504 e. The van der Waals surface area contributed by atoms with Gasteiger partial charge in [-0.15, -0.1) is 0 Å². The van der Waals surface area contributed by atoms with Gasteiger partial charge in [-0.25, -0.2) is 4.98 Å². The Labute approximate surface area is 170 Å². The molecular formula is C19H26ClN2O5P. The van der Waals surface area contributed by atoms with Gasteiger partial charge in [0.05, 0.1) is 31.7 Å². The first-order chi connectivity index (χ1) is 13.3. The Morgan fingerprint density at radius 1 is 1.18 bits per heavy atom. The van der Waals surface area contributed by atoms with Gasteiger partial charge in [-0.05, 0) is 63.1 Å². The van der Waals surface area contributed by atoms with Crippen molar-refractivity contribution in [1.29, 1.82) is 0 Å². The number of nitrogens with zero attached hydrogens (tertiary/aromatic N) is 1. The highest BCUT2D eigenvalue weighted by molar-refractivity contribution is 7.54. The number of rotatable bonds is 10. The molecule has 2 rings (SSSR count). The van der Waals surface area contributed by atoms with Gasteiger partial charge in [0, 0.05) is 0 Å². The maximum Gasteiger partial charge on any atom is 0.357 e. The zero-order chi connectivity index (χ0) is 20.7. The fraction of sp³-hybridized carbons (Fsp3) is 0.421. The summed E-state index contributed by atoms with van der Waals surface area (Å²) in [5.74, 6) is -0.493. The summed E-state index contributed by atoms with van der Waals surface area (Å²) in [5, 5.41) is 13.8. The molecule has 0 aliphatic rings. The number of hydrogen-bond donors (Lipinski definition) is 2. The van der Waals surface area contributed by atoms with Crippen molar-refractivity contribution < 1.29 is 23.5 Å². The smallest absolute Gasteiger partial charge is 0.357 e. The third kappa shape index (κ3) is 5.39. The molecule has 154 valence electrons. The number of phenols is 1. The molecule has 0 bridgehead atoms. The Morgan fingerprint density at radius 3 is 2.39 bits per heavy atom. The van der Waals surface area contributed by atoms with Gasteiger partial charge in [0.2, 0.25) is 0 Å². The van der Waals surface area contributed by atoms with Crippen molar-refractivity contribution in [1.82, 2.24) is 4.98 Å². The lowest BCUT2D eigenvalue weighted by Gasteiger charge is -2.28. The van der Waals surface area contributed by atoms with Crippen LogP contribution in [0.15, 0.2) is 30.5 Å². The third-order valence-corrected chi connectivity index (χ3v) is 6.39. The zero-order valence-corrected chi connectivity index (χ0v) is 18.1. The summed E-state index contributed by atoms with van der Waals surface area (Å²) >= 11 is 5.86. The van der Waals surface area contributed by atoms with Crippen LogP contribution in [0.25, 0.3) is 0 Å². The molecule has 0 radical (unpaired) electrons. The predicted octanol–water partition coefficient (Wildman–Crippen LogP) is 5.52. The molecule has 0 aliphatic carbocycles. The van der Waals surface area contributed by atoms with E-state index in [0.29, 0.717) is 34.3 Å². The van der Waals surface area contributed by atoms with Crippen molar-refractivity contribution in [2.45, 2.75) is 33.5 Å². The molecule has 1 atom stereocenters. The lowest BCUT2D eigenvalue weighted by atomic mass is 10.1. The number of aryl methyl sites for hydroxylation is 1. The van der Waals surface area contributed by atoms with Crippen LogP contribution in [0.5, 0.6) is 11.5 Å². The first-order valence-corrected chi connectivity index (χ1v) is 11.1. The van der Waals surface area contributed by atoms with Gasteiger partial charge >= 0.3 is 7.60 Å². The van der Waals surface area contributed by atoms with Gasteiger partial charge in [-0.1, -0.05) is 11.6 Å². The number of nitrogens with one attached hydrogen (secondary N) is 1. The van der Waals surface area contributed by atoms with Crippen molar-refractivity contribution in [3.05, 3.63) is 46.7 Å². The van der Waals surface area contributed by atoms with Crippen LogP contribution in [0.1, 0.15) is 37.7 Å². The van der Waals surface area contributed by atoms with Crippen LogP contribution in [0.2, 0.25) is 5.15 Å². The number of ether oxygens (including phenoxy) is 1. The van der Waals surface area contributed by atoms with Crippen molar-refractivity contribution in [2.75, 3.05) is 25.1 Å². The number of aromatic hydroxyl groups is 1. The molecule has 2 aromatic rings. The maximum atomic E-state index is 13.6. The van der Waals surface area contributed by atoms with E-state index < -0.39 is 13.4 Å². The molecule has 0 spiro atoms. The highest BCUT2D eigenvalue weighted by Crippen LogP contribution is 2.61. The van der Waals surface area contributed by atoms with E-state index in [1.165, 1.54) is 6.20 Å². The molecule has 1 aromatic heterocycles. The first kappa shape index (κ1) is 22.5. The normalized spacial score (nSPS) is 12.6. The molecule has 9 heteroatoms. The predicted molar refractivity (Wildman–Crippen MR) is 110 cm³/mol. The van der Waals surface area contributed by atoms with Crippen molar-refractivity contribution in [2.24, 2.45) is 0 Å². The summed E-state index contributed by atoms with van der Waals surface area (Å²) < 4.78 is 30.3.